The van der Waals surface area contributed by atoms with Crippen LogP contribution in [0.1, 0.15) is 43.1 Å². The number of nitrogens with one attached hydrogen (secondary N) is 2. The lowest BCUT2D eigenvalue weighted by Crippen LogP contribution is -2.37. The summed E-state index contributed by atoms with van der Waals surface area (Å²) in [4.78, 5) is 8.89. The topological polar surface area (TPSA) is 75.3 Å². The number of aliphatic imine (C=N–C) groups is 1. The average molecular weight is 457 g/mol. The van der Waals surface area contributed by atoms with E-state index >= 15 is 0 Å². The van der Waals surface area contributed by atoms with Gasteiger partial charge in [0.1, 0.15) is 0 Å². The van der Waals surface area contributed by atoms with Crippen LogP contribution >= 0.6 is 24.0 Å². The van der Waals surface area contributed by atoms with Gasteiger partial charge >= 0.3 is 0 Å². The number of benzene rings is 1. The number of aromatic nitrogens is 2. The third-order valence-electron chi connectivity index (χ3n) is 3.68. The molecule has 0 aliphatic heterocycles. The fraction of sp³-hybridized carbons (Fsp3) is 0.500. The Morgan fingerprint density at radius 3 is 2.56 bits per heavy atom. The second-order valence-corrected chi connectivity index (χ2v) is 5.58. The minimum atomic E-state index is 0. The Bertz CT molecular complexity index is 656. The molecule has 0 aliphatic carbocycles. The molecule has 0 amide bonds. The monoisotopic (exact) mass is 457 g/mol. The van der Waals surface area contributed by atoms with Gasteiger partial charge in [0.2, 0.25) is 5.89 Å². The molecule has 2 rings (SSSR count). The first-order valence-electron chi connectivity index (χ1n) is 8.61. The van der Waals surface area contributed by atoms with E-state index < -0.39 is 0 Å². The van der Waals surface area contributed by atoms with Gasteiger partial charge in [-0.15, -0.1) is 24.0 Å². The van der Waals surface area contributed by atoms with Crippen LogP contribution in [0.4, 0.5) is 0 Å². The molecule has 0 bridgehead atoms. The van der Waals surface area contributed by atoms with Crippen molar-refractivity contribution < 1.29 is 4.52 Å². The molecule has 0 atom stereocenters. The summed E-state index contributed by atoms with van der Waals surface area (Å²) in [6.07, 6.45) is 2.71. The SMILES string of the molecule is CCNC(=NCc1ccccc1CC)NCCCc1nc(C)no1.I. The quantitative estimate of drug-likeness (QED) is 0.276. The first-order valence-corrected chi connectivity index (χ1v) is 8.61. The molecule has 138 valence electrons. The lowest BCUT2D eigenvalue weighted by atomic mass is 10.1. The van der Waals surface area contributed by atoms with E-state index in [1.54, 1.807) is 0 Å². The van der Waals surface area contributed by atoms with E-state index in [-0.39, 0.29) is 24.0 Å². The molecule has 0 aliphatic rings. The third-order valence-corrected chi connectivity index (χ3v) is 3.68. The summed E-state index contributed by atoms with van der Waals surface area (Å²) in [6, 6.07) is 8.45. The predicted octanol–water partition coefficient (Wildman–Crippen LogP) is 3.25. The van der Waals surface area contributed by atoms with E-state index in [1.165, 1.54) is 11.1 Å². The zero-order valence-corrected chi connectivity index (χ0v) is 17.5. The number of guanidine groups is 1. The normalized spacial score (nSPS) is 11.1. The van der Waals surface area contributed by atoms with Gasteiger partial charge in [0, 0.05) is 19.5 Å². The highest BCUT2D eigenvalue weighted by molar-refractivity contribution is 14.0. The zero-order valence-electron chi connectivity index (χ0n) is 15.2. The van der Waals surface area contributed by atoms with Crippen molar-refractivity contribution in [2.45, 2.75) is 46.6 Å². The molecule has 0 radical (unpaired) electrons. The molecular formula is C18H28IN5O. The third kappa shape index (κ3) is 7.41. The zero-order chi connectivity index (χ0) is 17.2. The summed E-state index contributed by atoms with van der Waals surface area (Å²) in [5, 5.41) is 10.4. The fourth-order valence-corrected chi connectivity index (χ4v) is 2.45. The average Bonchev–Trinajstić information content (AvgIpc) is 3.02. The van der Waals surface area contributed by atoms with Gasteiger partial charge in [-0.05, 0) is 37.8 Å². The van der Waals surface area contributed by atoms with E-state index in [0.29, 0.717) is 18.3 Å². The number of aryl methyl sites for hydroxylation is 3. The lowest BCUT2D eigenvalue weighted by Gasteiger charge is -2.11. The second-order valence-electron chi connectivity index (χ2n) is 5.58. The van der Waals surface area contributed by atoms with Crippen LogP contribution < -0.4 is 10.6 Å². The first-order chi connectivity index (χ1) is 11.7. The minimum absolute atomic E-state index is 0. The predicted molar refractivity (Wildman–Crippen MR) is 111 cm³/mol. The van der Waals surface area contributed by atoms with E-state index in [4.69, 9.17) is 4.52 Å². The number of nitrogens with zero attached hydrogens (tertiary/aromatic N) is 3. The molecule has 0 saturated heterocycles. The standard InChI is InChI=1S/C18H27N5O.HI/c1-4-15-9-6-7-10-16(15)13-21-18(19-5-2)20-12-8-11-17-22-14(3)23-24-17;/h6-7,9-10H,4-5,8,11-13H2,1-3H3,(H2,19,20,21);1H. The molecule has 0 fully saturated rings. The number of rotatable bonds is 8. The summed E-state index contributed by atoms with van der Waals surface area (Å²) in [6.45, 7) is 8.40. The molecule has 2 aromatic rings. The van der Waals surface area contributed by atoms with Crippen LogP contribution in [0.5, 0.6) is 0 Å². The van der Waals surface area contributed by atoms with Gasteiger partial charge in [-0.1, -0.05) is 36.3 Å². The Hall–Kier alpha value is -1.64. The summed E-state index contributed by atoms with van der Waals surface area (Å²) in [5.74, 6) is 2.21. The largest absolute Gasteiger partial charge is 0.357 e. The van der Waals surface area contributed by atoms with E-state index in [9.17, 15) is 0 Å². The molecule has 7 heteroatoms. The molecule has 0 unspecified atom stereocenters. The fourth-order valence-electron chi connectivity index (χ4n) is 2.45. The van der Waals surface area contributed by atoms with Crippen LogP contribution in [-0.2, 0) is 19.4 Å². The Kier molecular flexibility index (Phi) is 10.1. The maximum atomic E-state index is 5.11. The summed E-state index contributed by atoms with van der Waals surface area (Å²) in [5.41, 5.74) is 2.63. The van der Waals surface area contributed by atoms with Crippen molar-refractivity contribution in [3.8, 4) is 0 Å². The Balaban J connectivity index is 0.00000312. The molecule has 1 aromatic carbocycles. The number of hydrogen-bond acceptors (Lipinski definition) is 4. The first kappa shape index (κ1) is 21.4. The molecule has 0 saturated carbocycles. The highest BCUT2D eigenvalue weighted by atomic mass is 127. The van der Waals surface area contributed by atoms with Crippen molar-refractivity contribution in [3.05, 3.63) is 47.1 Å². The van der Waals surface area contributed by atoms with Crippen molar-refractivity contribution >= 4 is 29.9 Å². The Labute approximate surface area is 166 Å². The Morgan fingerprint density at radius 1 is 1.16 bits per heavy atom. The van der Waals surface area contributed by atoms with Gasteiger partial charge in [0.25, 0.3) is 0 Å². The lowest BCUT2D eigenvalue weighted by molar-refractivity contribution is 0.372. The van der Waals surface area contributed by atoms with E-state index in [2.05, 4.69) is 63.9 Å². The van der Waals surface area contributed by atoms with Crippen LogP contribution in [-0.4, -0.2) is 29.2 Å². The summed E-state index contributed by atoms with van der Waals surface area (Å²) < 4.78 is 5.11. The highest BCUT2D eigenvalue weighted by Crippen LogP contribution is 2.10. The highest BCUT2D eigenvalue weighted by Gasteiger charge is 2.03. The maximum Gasteiger partial charge on any atom is 0.226 e. The van der Waals surface area contributed by atoms with Crippen LogP contribution in [0.25, 0.3) is 0 Å². The summed E-state index contributed by atoms with van der Waals surface area (Å²) >= 11 is 0. The molecule has 2 N–H and O–H groups in total. The maximum absolute atomic E-state index is 5.11. The molecule has 1 heterocycles. The summed E-state index contributed by atoms with van der Waals surface area (Å²) in [7, 11) is 0. The molecule has 1 aromatic heterocycles. The van der Waals surface area contributed by atoms with Gasteiger partial charge in [-0.2, -0.15) is 4.98 Å². The van der Waals surface area contributed by atoms with Crippen molar-refractivity contribution in [1.29, 1.82) is 0 Å². The van der Waals surface area contributed by atoms with Crippen molar-refractivity contribution in [2.24, 2.45) is 4.99 Å². The minimum Gasteiger partial charge on any atom is -0.357 e. The smallest absolute Gasteiger partial charge is 0.226 e. The van der Waals surface area contributed by atoms with Crippen LogP contribution in [0.3, 0.4) is 0 Å². The van der Waals surface area contributed by atoms with Crippen LogP contribution in [0, 0.1) is 6.92 Å². The van der Waals surface area contributed by atoms with Gasteiger partial charge < -0.3 is 15.2 Å². The van der Waals surface area contributed by atoms with Crippen LogP contribution in [0.15, 0.2) is 33.8 Å². The molecular weight excluding hydrogens is 429 g/mol. The van der Waals surface area contributed by atoms with Gasteiger partial charge in [-0.3, -0.25) is 0 Å². The number of hydrogen-bond donors (Lipinski definition) is 2. The second kappa shape index (κ2) is 11.8. The van der Waals surface area contributed by atoms with Gasteiger partial charge in [0.05, 0.1) is 6.54 Å². The molecule has 6 nitrogen and oxygen atoms in total. The van der Waals surface area contributed by atoms with E-state index in [0.717, 1.165) is 38.3 Å². The van der Waals surface area contributed by atoms with E-state index in [1.807, 2.05) is 6.92 Å². The van der Waals surface area contributed by atoms with Crippen molar-refractivity contribution in [1.82, 2.24) is 20.8 Å². The van der Waals surface area contributed by atoms with Crippen LogP contribution in [0.2, 0.25) is 0 Å². The molecule has 0 spiro atoms. The van der Waals surface area contributed by atoms with Gasteiger partial charge in [0.15, 0.2) is 11.8 Å². The van der Waals surface area contributed by atoms with Crippen molar-refractivity contribution in [2.75, 3.05) is 13.1 Å². The van der Waals surface area contributed by atoms with Gasteiger partial charge in [-0.25, -0.2) is 4.99 Å². The molecule has 25 heavy (non-hydrogen) atoms. The number of halogens is 1. The Morgan fingerprint density at radius 2 is 1.92 bits per heavy atom. The van der Waals surface area contributed by atoms with Crippen molar-refractivity contribution in [3.63, 3.8) is 0 Å².